The lowest BCUT2D eigenvalue weighted by molar-refractivity contribution is -0.119. The molecule has 1 aliphatic heterocycles. The minimum atomic E-state index is -0.573. The minimum absolute atomic E-state index is 0.231. The molecule has 27 heavy (non-hydrogen) atoms. The molecule has 2 aromatic carbocycles. The molecule has 3 rings (SSSR count). The number of carbonyl (C=O) groups is 2. The number of thioether (sulfide) groups is 1. The molecular formula is C19H16BrN3O3S. The van der Waals surface area contributed by atoms with Crippen LogP contribution in [0.5, 0.6) is 5.75 Å². The third kappa shape index (κ3) is 4.26. The maximum atomic E-state index is 13.0. The molecule has 0 saturated carbocycles. The Bertz CT molecular complexity index is 911. The zero-order valence-electron chi connectivity index (χ0n) is 14.4. The number of ether oxygens (including phenoxy) is 1. The lowest BCUT2D eigenvalue weighted by Gasteiger charge is -2.23. The lowest BCUT2D eigenvalue weighted by atomic mass is 10.1. The number of hydrogen-bond donors (Lipinski definition) is 1. The van der Waals surface area contributed by atoms with Crippen LogP contribution in [0, 0.1) is 11.3 Å². The molecule has 1 fully saturated rings. The van der Waals surface area contributed by atoms with Crippen molar-refractivity contribution >= 4 is 45.2 Å². The summed E-state index contributed by atoms with van der Waals surface area (Å²) in [4.78, 5) is 27.3. The first-order valence-electron chi connectivity index (χ1n) is 8.06. The Morgan fingerprint density at radius 2 is 2.04 bits per heavy atom. The molecule has 0 aliphatic carbocycles. The van der Waals surface area contributed by atoms with E-state index in [0.717, 1.165) is 0 Å². The standard InChI is InChI=1S/C19H16BrN3O3S/c1-26-14-6-7-16(20)15(8-14)19(25)23-11-27-10-17(23)18(24)22-13-4-2-12(9-21)3-5-13/h2-8,17H,10-11H2,1H3,(H,22,24). The van der Waals surface area contributed by atoms with E-state index in [1.165, 1.54) is 18.9 Å². The zero-order chi connectivity index (χ0) is 19.4. The Hall–Kier alpha value is -2.50. The highest BCUT2D eigenvalue weighted by atomic mass is 79.9. The van der Waals surface area contributed by atoms with Crippen molar-refractivity contribution in [3.05, 3.63) is 58.1 Å². The van der Waals surface area contributed by atoms with Crippen molar-refractivity contribution in [1.29, 1.82) is 5.26 Å². The second kappa shape index (κ2) is 8.46. The number of halogens is 1. The van der Waals surface area contributed by atoms with Crippen LogP contribution >= 0.6 is 27.7 Å². The second-order valence-electron chi connectivity index (χ2n) is 5.81. The molecule has 138 valence electrons. The van der Waals surface area contributed by atoms with Crippen molar-refractivity contribution in [3.63, 3.8) is 0 Å². The molecule has 0 aromatic heterocycles. The molecule has 6 nitrogen and oxygen atoms in total. The van der Waals surface area contributed by atoms with Gasteiger partial charge in [-0.3, -0.25) is 9.59 Å². The number of anilines is 1. The van der Waals surface area contributed by atoms with Crippen LogP contribution in [-0.2, 0) is 4.79 Å². The van der Waals surface area contributed by atoms with E-state index in [2.05, 4.69) is 21.2 Å². The molecule has 1 atom stereocenters. The first-order valence-corrected chi connectivity index (χ1v) is 10.0. The van der Waals surface area contributed by atoms with E-state index in [0.29, 0.717) is 38.7 Å². The number of benzene rings is 2. The van der Waals surface area contributed by atoms with Crippen molar-refractivity contribution in [3.8, 4) is 11.8 Å². The number of nitrogens with one attached hydrogen (secondary N) is 1. The Labute approximate surface area is 169 Å². The fourth-order valence-corrected chi connectivity index (χ4v) is 4.23. The number of amides is 2. The van der Waals surface area contributed by atoms with Gasteiger partial charge in [-0.25, -0.2) is 0 Å². The topological polar surface area (TPSA) is 82.4 Å². The first kappa shape index (κ1) is 19.3. The third-order valence-electron chi connectivity index (χ3n) is 4.13. The highest BCUT2D eigenvalue weighted by molar-refractivity contribution is 9.10. The van der Waals surface area contributed by atoms with Gasteiger partial charge in [0.1, 0.15) is 11.8 Å². The smallest absolute Gasteiger partial charge is 0.256 e. The van der Waals surface area contributed by atoms with Crippen LogP contribution in [0.3, 0.4) is 0 Å². The highest BCUT2D eigenvalue weighted by Crippen LogP contribution is 2.29. The average Bonchev–Trinajstić information content (AvgIpc) is 3.18. The number of methoxy groups -OCH3 is 1. The van der Waals surface area contributed by atoms with Gasteiger partial charge in [0.15, 0.2) is 0 Å². The predicted octanol–water partition coefficient (Wildman–Crippen LogP) is 3.48. The highest BCUT2D eigenvalue weighted by Gasteiger charge is 2.35. The van der Waals surface area contributed by atoms with E-state index in [1.54, 1.807) is 47.4 Å². The Morgan fingerprint density at radius 1 is 1.30 bits per heavy atom. The van der Waals surface area contributed by atoms with Crippen LogP contribution in [0.2, 0.25) is 0 Å². The van der Waals surface area contributed by atoms with Gasteiger partial charge in [-0.1, -0.05) is 0 Å². The van der Waals surface area contributed by atoms with E-state index in [1.807, 2.05) is 6.07 Å². The number of nitrogens with zero attached hydrogens (tertiary/aromatic N) is 2. The predicted molar refractivity (Wildman–Crippen MR) is 108 cm³/mol. The van der Waals surface area contributed by atoms with E-state index >= 15 is 0 Å². The molecule has 2 aromatic rings. The van der Waals surface area contributed by atoms with Crippen molar-refractivity contribution in [2.45, 2.75) is 6.04 Å². The largest absolute Gasteiger partial charge is 0.497 e. The number of nitriles is 1. The van der Waals surface area contributed by atoms with E-state index in [9.17, 15) is 9.59 Å². The van der Waals surface area contributed by atoms with Crippen molar-refractivity contribution < 1.29 is 14.3 Å². The van der Waals surface area contributed by atoms with Crippen LogP contribution in [0.25, 0.3) is 0 Å². The molecule has 1 aliphatic rings. The summed E-state index contributed by atoms with van der Waals surface area (Å²) in [6.07, 6.45) is 0. The van der Waals surface area contributed by atoms with Crippen LogP contribution in [0.15, 0.2) is 46.9 Å². The van der Waals surface area contributed by atoms with Gasteiger partial charge >= 0.3 is 0 Å². The quantitative estimate of drug-likeness (QED) is 0.778. The van der Waals surface area contributed by atoms with Crippen LogP contribution in [0.1, 0.15) is 15.9 Å². The summed E-state index contributed by atoms with van der Waals surface area (Å²) < 4.78 is 5.85. The molecule has 1 saturated heterocycles. The number of rotatable bonds is 4. The molecule has 1 unspecified atom stereocenters. The number of hydrogen-bond acceptors (Lipinski definition) is 5. The maximum absolute atomic E-state index is 13.0. The summed E-state index contributed by atoms with van der Waals surface area (Å²) in [6, 6.07) is 13.2. The maximum Gasteiger partial charge on any atom is 0.256 e. The summed E-state index contributed by atoms with van der Waals surface area (Å²) in [5.74, 6) is 1.05. The van der Waals surface area contributed by atoms with Gasteiger partial charge in [0.2, 0.25) is 5.91 Å². The fraction of sp³-hybridized carbons (Fsp3) is 0.211. The third-order valence-corrected chi connectivity index (χ3v) is 5.83. The first-order chi connectivity index (χ1) is 13.0. The Morgan fingerprint density at radius 3 is 2.70 bits per heavy atom. The Balaban J connectivity index is 1.77. The van der Waals surface area contributed by atoms with Gasteiger partial charge in [-0.15, -0.1) is 11.8 Å². The Kier molecular flexibility index (Phi) is 6.04. The van der Waals surface area contributed by atoms with Gasteiger partial charge in [0.25, 0.3) is 5.91 Å². The average molecular weight is 446 g/mol. The van der Waals surface area contributed by atoms with Crippen LogP contribution in [-0.4, -0.2) is 41.5 Å². The van der Waals surface area contributed by atoms with Gasteiger partial charge in [0.05, 0.1) is 30.2 Å². The summed E-state index contributed by atoms with van der Waals surface area (Å²) in [7, 11) is 1.54. The second-order valence-corrected chi connectivity index (χ2v) is 7.67. The van der Waals surface area contributed by atoms with Crippen LogP contribution < -0.4 is 10.1 Å². The van der Waals surface area contributed by atoms with Gasteiger partial charge in [-0.05, 0) is 58.4 Å². The summed E-state index contributed by atoms with van der Waals surface area (Å²) in [5.41, 5.74) is 1.56. The molecule has 2 amide bonds. The zero-order valence-corrected chi connectivity index (χ0v) is 16.8. The van der Waals surface area contributed by atoms with Gasteiger partial charge in [0, 0.05) is 15.9 Å². The fourth-order valence-electron chi connectivity index (χ4n) is 2.66. The molecular weight excluding hydrogens is 430 g/mol. The van der Waals surface area contributed by atoms with Gasteiger partial charge < -0.3 is 15.0 Å². The molecule has 0 spiro atoms. The summed E-state index contributed by atoms with van der Waals surface area (Å²) in [5, 5.41) is 11.7. The normalized spacial score (nSPS) is 15.9. The molecule has 1 heterocycles. The van der Waals surface area contributed by atoms with Crippen molar-refractivity contribution in [2.24, 2.45) is 0 Å². The van der Waals surface area contributed by atoms with E-state index < -0.39 is 6.04 Å². The van der Waals surface area contributed by atoms with Gasteiger partial charge in [-0.2, -0.15) is 5.26 Å². The van der Waals surface area contributed by atoms with E-state index in [-0.39, 0.29) is 11.8 Å². The summed E-state index contributed by atoms with van der Waals surface area (Å²) in [6.45, 7) is 0. The SMILES string of the molecule is COc1ccc(Br)c(C(=O)N2CSCC2C(=O)Nc2ccc(C#N)cc2)c1. The lowest BCUT2D eigenvalue weighted by Crippen LogP contribution is -2.44. The molecule has 0 radical (unpaired) electrons. The molecule has 1 N–H and O–H groups in total. The van der Waals surface area contributed by atoms with Crippen molar-refractivity contribution in [2.75, 3.05) is 24.1 Å². The number of carbonyl (C=O) groups excluding carboxylic acids is 2. The van der Waals surface area contributed by atoms with E-state index in [4.69, 9.17) is 10.00 Å². The monoisotopic (exact) mass is 445 g/mol. The van der Waals surface area contributed by atoms with Crippen molar-refractivity contribution in [1.82, 2.24) is 4.90 Å². The molecule has 8 heteroatoms. The minimum Gasteiger partial charge on any atom is -0.497 e. The van der Waals surface area contributed by atoms with Crippen LogP contribution in [0.4, 0.5) is 5.69 Å². The molecule has 0 bridgehead atoms. The summed E-state index contributed by atoms with van der Waals surface area (Å²) >= 11 is 4.92.